The number of aromatic nitrogens is 1. The molecule has 4 atom stereocenters. The number of pyridine rings is 1. The Kier molecular flexibility index (Phi) is 11.5. The van der Waals surface area contributed by atoms with Crippen molar-refractivity contribution in [2.75, 3.05) is 19.6 Å². The number of thiophene rings is 1. The fraction of sp³-hybridized carbons (Fsp3) is 0.526. The zero-order valence-electron chi connectivity index (χ0n) is 29.9. The number of halogens is 6. The van der Waals surface area contributed by atoms with Crippen LogP contribution in [0.1, 0.15) is 91.1 Å². The van der Waals surface area contributed by atoms with E-state index in [9.17, 15) is 50.9 Å². The number of rotatable bonds is 10. The Morgan fingerprint density at radius 3 is 2.36 bits per heavy atom. The minimum atomic E-state index is -4.90. The molecule has 298 valence electrons. The van der Waals surface area contributed by atoms with E-state index in [2.05, 4.69) is 4.98 Å². The summed E-state index contributed by atoms with van der Waals surface area (Å²) < 4.78 is 95.8. The van der Waals surface area contributed by atoms with Crippen LogP contribution in [0, 0.1) is 5.92 Å². The molecule has 1 saturated carbocycles. The number of aliphatic hydroxyl groups is 1. The molecule has 6 rings (SSSR count). The van der Waals surface area contributed by atoms with E-state index < -0.39 is 69.3 Å². The number of piperidine rings is 2. The van der Waals surface area contributed by atoms with E-state index in [1.54, 1.807) is 31.2 Å². The van der Waals surface area contributed by atoms with E-state index in [0.717, 1.165) is 28.7 Å². The molecule has 2 amide bonds. The van der Waals surface area contributed by atoms with E-state index >= 15 is 0 Å². The summed E-state index contributed by atoms with van der Waals surface area (Å²) in [6.07, 6.45) is -6.47. The van der Waals surface area contributed by atoms with Crippen molar-refractivity contribution in [1.82, 2.24) is 14.8 Å². The van der Waals surface area contributed by atoms with Gasteiger partial charge in [-0.15, -0.1) is 11.3 Å². The largest absolute Gasteiger partial charge is 0.490 e. The van der Waals surface area contributed by atoms with E-state index in [1.165, 1.54) is 4.90 Å². The van der Waals surface area contributed by atoms with Crippen molar-refractivity contribution >= 4 is 29.1 Å². The lowest BCUT2D eigenvalue weighted by atomic mass is 9.78. The topological polar surface area (TPSA) is 130 Å². The number of benzene rings is 1. The van der Waals surface area contributed by atoms with Crippen molar-refractivity contribution in [3.63, 3.8) is 0 Å². The normalized spacial score (nSPS) is 24.4. The molecule has 3 fully saturated rings. The van der Waals surface area contributed by atoms with E-state index in [-0.39, 0.29) is 63.6 Å². The predicted molar refractivity (Wildman–Crippen MR) is 186 cm³/mol. The number of carbonyl (C=O) groups excluding carboxylic acids is 2. The summed E-state index contributed by atoms with van der Waals surface area (Å²) in [5.41, 5.74) is -4.96. The van der Waals surface area contributed by atoms with Crippen LogP contribution in [0.15, 0.2) is 54.2 Å². The van der Waals surface area contributed by atoms with Gasteiger partial charge < -0.3 is 29.5 Å². The van der Waals surface area contributed by atoms with Crippen LogP contribution < -0.4 is 9.47 Å². The lowest BCUT2D eigenvalue weighted by Gasteiger charge is -2.51. The van der Waals surface area contributed by atoms with Gasteiger partial charge >= 0.3 is 18.3 Å². The van der Waals surface area contributed by atoms with Crippen molar-refractivity contribution < 1.29 is 60.4 Å². The first-order valence-corrected chi connectivity index (χ1v) is 19.0. The Hall–Kier alpha value is -4.38. The molecule has 2 aromatic heterocycles. The average Bonchev–Trinajstić information content (AvgIpc) is 3.82. The molecule has 2 N–H and O–H groups in total. The maximum atomic E-state index is 14.9. The molecule has 0 radical (unpaired) electrons. The Labute approximate surface area is 317 Å². The molecular weight excluding hydrogens is 756 g/mol. The Bertz CT molecular complexity index is 1880. The predicted octanol–water partition coefficient (Wildman–Crippen LogP) is 7.55. The minimum absolute atomic E-state index is 0.0139. The SMILES string of the molecule is CCCC1N(C(=O)c2cnccc2C(F)(F)F)CCCC1(Oc1csc(C(F)(F)F)c1)C(=O)N1CCC(O)(c2ccccc2OC2CCC(C(=O)O)C2)CC1. The van der Waals surface area contributed by atoms with Gasteiger partial charge in [0.1, 0.15) is 16.4 Å². The number of aliphatic carboxylic acids is 1. The number of amides is 2. The average molecular weight is 798 g/mol. The highest BCUT2D eigenvalue weighted by molar-refractivity contribution is 7.10. The number of carboxylic acid groups (broad SMARTS) is 1. The van der Waals surface area contributed by atoms with E-state index in [0.29, 0.717) is 54.4 Å². The first-order chi connectivity index (χ1) is 26.0. The molecule has 4 unspecified atom stereocenters. The Morgan fingerprint density at radius 2 is 1.73 bits per heavy atom. The molecule has 1 aliphatic carbocycles. The van der Waals surface area contributed by atoms with Crippen molar-refractivity contribution in [2.24, 2.45) is 5.92 Å². The third-order valence-corrected chi connectivity index (χ3v) is 11.8. The quantitative estimate of drug-likeness (QED) is 0.202. The van der Waals surface area contributed by atoms with Gasteiger partial charge in [0.05, 0.1) is 34.8 Å². The molecule has 0 bridgehead atoms. The third-order valence-electron chi connectivity index (χ3n) is 10.9. The van der Waals surface area contributed by atoms with Crippen LogP contribution in [-0.2, 0) is 27.5 Å². The first kappa shape index (κ1) is 40.3. The molecule has 10 nitrogen and oxygen atoms in total. The Balaban J connectivity index is 1.31. The Morgan fingerprint density at radius 1 is 1.00 bits per heavy atom. The maximum Gasteiger partial charge on any atom is 0.425 e. The number of nitrogens with zero attached hydrogens (tertiary/aromatic N) is 3. The van der Waals surface area contributed by atoms with Gasteiger partial charge in [-0.1, -0.05) is 31.5 Å². The molecule has 2 saturated heterocycles. The van der Waals surface area contributed by atoms with Gasteiger partial charge in [0, 0.05) is 55.5 Å². The van der Waals surface area contributed by atoms with E-state index in [1.807, 2.05) is 0 Å². The second-order valence-corrected chi connectivity index (χ2v) is 15.3. The van der Waals surface area contributed by atoms with Crippen LogP contribution in [0.3, 0.4) is 0 Å². The summed E-state index contributed by atoms with van der Waals surface area (Å²) in [5.74, 6) is -3.01. The van der Waals surface area contributed by atoms with E-state index in [4.69, 9.17) is 9.47 Å². The lowest BCUT2D eigenvalue weighted by Crippen LogP contribution is -2.68. The van der Waals surface area contributed by atoms with Crippen LogP contribution in [0.25, 0.3) is 0 Å². The van der Waals surface area contributed by atoms with Crippen molar-refractivity contribution in [3.8, 4) is 11.5 Å². The number of hydrogen-bond donors (Lipinski definition) is 2. The van der Waals surface area contributed by atoms with Crippen LogP contribution in [-0.4, -0.2) is 80.2 Å². The number of hydrogen-bond acceptors (Lipinski definition) is 8. The van der Waals surface area contributed by atoms with Crippen LogP contribution in [0.2, 0.25) is 0 Å². The summed E-state index contributed by atoms with van der Waals surface area (Å²) >= 11 is 0.363. The summed E-state index contributed by atoms with van der Waals surface area (Å²) in [4.78, 5) is 45.8. The molecule has 3 aromatic rings. The standard InChI is InChI=1S/C38H41F6N3O7S/c1-2-6-30-36(54-25-20-31(55-22-25)38(42,43)44,12-5-16-47(30)32(48)26-21-45-15-11-27(26)37(39,40)41)34(51)46-17-13-35(52,14-18-46)28-7-3-4-8-29(28)53-24-10-9-23(19-24)33(49)50/h3-4,7-8,11,15,20-24,30,52H,2,5-6,9-10,12-14,16-19H2,1H3,(H,49,50). The summed E-state index contributed by atoms with van der Waals surface area (Å²) in [6.45, 7) is 1.63. The molecular formula is C38H41F6N3O7S. The van der Waals surface area contributed by atoms with Gasteiger partial charge in [0.2, 0.25) is 5.60 Å². The summed E-state index contributed by atoms with van der Waals surface area (Å²) in [5, 5.41) is 22.5. The van der Waals surface area contributed by atoms with Crippen molar-refractivity contribution in [2.45, 2.75) is 100 Å². The molecule has 1 aromatic carbocycles. The van der Waals surface area contributed by atoms with Gasteiger partial charge in [-0.2, -0.15) is 26.3 Å². The van der Waals surface area contributed by atoms with Crippen molar-refractivity contribution in [3.05, 3.63) is 75.7 Å². The fourth-order valence-electron chi connectivity index (χ4n) is 8.12. The molecule has 3 aliphatic rings. The van der Waals surface area contributed by atoms with Gasteiger partial charge in [0.25, 0.3) is 11.8 Å². The first-order valence-electron chi connectivity index (χ1n) is 18.1. The van der Waals surface area contributed by atoms with Gasteiger partial charge in [-0.05, 0) is 57.1 Å². The zero-order valence-corrected chi connectivity index (χ0v) is 30.7. The second kappa shape index (κ2) is 15.6. The number of carbonyl (C=O) groups is 3. The molecule has 55 heavy (non-hydrogen) atoms. The molecule has 0 spiro atoms. The smallest absolute Gasteiger partial charge is 0.425 e. The highest BCUT2D eigenvalue weighted by Gasteiger charge is 2.56. The van der Waals surface area contributed by atoms with Gasteiger partial charge in [0.15, 0.2) is 0 Å². The summed E-state index contributed by atoms with van der Waals surface area (Å²) in [7, 11) is 0. The fourth-order valence-corrected chi connectivity index (χ4v) is 8.80. The maximum absolute atomic E-state index is 14.9. The lowest BCUT2D eigenvalue weighted by molar-refractivity contribution is -0.163. The van der Waals surface area contributed by atoms with Crippen LogP contribution >= 0.6 is 11.3 Å². The molecule has 17 heteroatoms. The molecule has 2 aliphatic heterocycles. The van der Waals surface area contributed by atoms with Crippen molar-refractivity contribution in [1.29, 1.82) is 0 Å². The van der Waals surface area contributed by atoms with Gasteiger partial charge in [-0.25, -0.2) is 0 Å². The number of carboxylic acids is 1. The summed E-state index contributed by atoms with van der Waals surface area (Å²) in [6, 6.07) is 7.11. The second-order valence-electron chi connectivity index (χ2n) is 14.4. The van der Waals surface area contributed by atoms with Crippen LogP contribution in [0.4, 0.5) is 26.3 Å². The monoisotopic (exact) mass is 797 g/mol. The minimum Gasteiger partial charge on any atom is -0.490 e. The number of likely N-dealkylation sites (tertiary alicyclic amines) is 2. The van der Waals surface area contributed by atoms with Gasteiger partial charge in [-0.3, -0.25) is 19.4 Å². The number of para-hydroxylation sites is 1. The molecule has 4 heterocycles. The highest BCUT2D eigenvalue weighted by atomic mass is 32.1. The number of ether oxygens (including phenoxy) is 2. The third kappa shape index (κ3) is 8.27. The zero-order chi connectivity index (χ0) is 39.8. The number of alkyl halides is 6. The highest BCUT2D eigenvalue weighted by Crippen LogP contribution is 2.45. The van der Waals surface area contributed by atoms with Crippen LogP contribution in [0.5, 0.6) is 11.5 Å².